The van der Waals surface area contributed by atoms with Gasteiger partial charge >= 0.3 is 0 Å². The van der Waals surface area contributed by atoms with Gasteiger partial charge in [-0.3, -0.25) is 0 Å². The lowest BCUT2D eigenvalue weighted by molar-refractivity contribution is 0.247. The molecule has 1 N–H and O–H groups in total. The van der Waals surface area contributed by atoms with E-state index in [0.29, 0.717) is 0 Å². The number of nitrogens with zero attached hydrogens (tertiary/aromatic N) is 1. The second-order valence-corrected chi connectivity index (χ2v) is 2.50. The lowest BCUT2D eigenvalue weighted by atomic mass is 10.0. The van der Waals surface area contributed by atoms with Gasteiger partial charge in [-0.15, -0.1) is 0 Å². The van der Waals surface area contributed by atoms with Gasteiger partial charge in [0.05, 0.1) is 18.6 Å². The molecule has 0 aromatic heterocycles. The molecule has 0 fully saturated rings. The first-order chi connectivity index (χ1) is 4.85. The fourth-order valence-corrected chi connectivity index (χ4v) is 0.837. The van der Waals surface area contributed by atoms with Crippen molar-refractivity contribution >= 4 is 0 Å². The van der Waals surface area contributed by atoms with Crippen molar-refractivity contribution in [3.8, 4) is 6.07 Å². The zero-order valence-electron chi connectivity index (χ0n) is 6.51. The van der Waals surface area contributed by atoms with Crippen LogP contribution in [0.1, 0.15) is 32.6 Å². The fourth-order valence-electron chi connectivity index (χ4n) is 0.837. The first-order valence-electron chi connectivity index (χ1n) is 3.85. The molecule has 0 amide bonds. The molecule has 0 aliphatic rings. The summed E-state index contributed by atoms with van der Waals surface area (Å²) in [5.74, 6) is -0.133. The highest BCUT2D eigenvalue weighted by molar-refractivity contribution is 4.81. The molecular weight excluding hydrogens is 126 g/mol. The van der Waals surface area contributed by atoms with Crippen LogP contribution in [-0.4, -0.2) is 11.7 Å². The number of aliphatic hydroxyl groups is 1. The number of nitriles is 1. The number of unbranched alkanes of at least 4 members (excludes halogenated alkanes) is 2. The molecule has 1 unspecified atom stereocenters. The number of rotatable bonds is 5. The van der Waals surface area contributed by atoms with Gasteiger partial charge < -0.3 is 5.11 Å². The van der Waals surface area contributed by atoms with Crippen molar-refractivity contribution in [3.63, 3.8) is 0 Å². The standard InChI is InChI=1S/C8H15NO/c1-2-3-4-5-8(6-9)7-10/h8,10H,2-5,7H2,1H3. The minimum atomic E-state index is -0.133. The van der Waals surface area contributed by atoms with Crippen LogP contribution in [0.4, 0.5) is 0 Å². The molecular formula is C8H15NO. The van der Waals surface area contributed by atoms with E-state index < -0.39 is 0 Å². The molecule has 10 heavy (non-hydrogen) atoms. The Hall–Kier alpha value is -0.550. The van der Waals surface area contributed by atoms with E-state index in [9.17, 15) is 0 Å². The van der Waals surface area contributed by atoms with E-state index >= 15 is 0 Å². The van der Waals surface area contributed by atoms with Gasteiger partial charge in [0, 0.05) is 0 Å². The molecule has 1 atom stereocenters. The molecule has 0 aromatic rings. The van der Waals surface area contributed by atoms with Gasteiger partial charge in [0.1, 0.15) is 0 Å². The zero-order chi connectivity index (χ0) is 7.82. The summed E-state index contributed by atoms with van der Waals surface area (Å²) in [4.78, 5) is 0. The Kier molecular flexibility index (Phi) is 6.21. The number of hydrogen-bond acceptors (Lipinski definition) is 2. The Balaban J connectivity index is 3.20. The summed E-state index contributed by atoms with van der Waals surface area (Å²) in [6.45, 7) is 2.14. The van der Waals surface area contributed by atoms with Crippen LogP contribution in [0.25, 0.3) is 0 Å². The normalized spacial score (nSPS) is 12.5. The van der Waals surface area contributed by atoms with Gasteiger partial charge in [0.25, 0.3) is 0 Å². The third-order valence-corrected chi connectivity index (χ3v) is 1.56. The van der Waals surface area contributed by atoms with Crippen molar-refractivity contribution in [1.82, 2.24) is 0 Å². The topological polar surface area (TPSA) is 44.0 Å². The maximum absolute atomic E-state index is 8.60. The molecule has 0 spiro atoms. The summed E-state index contributed by atoms with van der Waals surface area (Å²) >= 11 is 0. The van der Waals surface area contributed by atoms with Crippen LogP contribution < -0.4 is 0 Å². The SMILES string of the molecule is CCCCCC(C#N)CO. The third kappa shape index (κ3) is 4.34. The maximum atomic E-state index is 8.60. The molecule has 0 heterocycles. The predicted octanol–water partition coefficient (Wildman–Crippen LogP) is 1.70. The molecule has 0 saturated carbocycles. The van der Waals surface area contributed by atoms with Crippen LogP contribution in [-0.2, 0) is 0 Å². The second kappa shape index (κ2) is 6.57. The summed E-state index contributed by atoms with van der Waals surface area (Å²) in [7, 11) is 0. The molecule has 0 aliphatic carbocycles. The average Bonchev–Trinajstić information content (AvgIpc) is 1.99. The van der Waals surface area contributed by atoms with Crippen LogP contribution in [0.5, 0.6) is 0 Å². The van der Waals surface area contributed by atoms with Crippen molar-refractivity contribution in [2.24, 2.45) is 5.92 Å². The lowest BCUT2D eigenvalue weighted by Crippen LogP contribution is -2.01. The quantitative estimate of drug-likeness (QED) is 0.592. The Morgan fingerprint density at radius 2 is 2.20 bits per heavy atom. The molecule has 58 valence electrons. The van der Waals surface area contributed by atoms with Gasteiger partial charge in [0.2, 0.25) is 0 Å². The van der Waals surface area contributed by atoms with Gasteiger partial charge in [0.15, 0.2) is 0 Å². The first-order valence-corrected chi connectivity index (χ1v) is 3.85. The summed E-state index contributed by atoms with van der Waals surface area (Å²) < 4.78 is 0. The molecule has 0 aliphatic heterocycles. The van der Waals surface area contributed by atoms with Crippen molar-refractivity contribution < 1.29 is 5.11 Å². The molecule has 0 saturated heterocycles. The smallest absolute Gasteiger partial charge is 0.0694 e. The first kappa shape index (κ1) is 9.45. The summed E-state index contributed by atoms with van der Waals surface area (Å²) in [5, 5.41) is 17.0. The van der Waals surface area contributed by atoms with Crippen molar-refractivity contribution in [1.29, 1.82) is 5.26 Å². The largest absolute Gasteiger partial charge is 0.395 e. The number of aliphatic hydroxyl groups excluding tert-OH is 1. The van der Waals surface area contributed by atoms with Crippen LogP contribution in [0.3, 0.4) is 0 Å². The van der Waals surface area contributed by atoms with Gasteiger partial charge in [-0.1, -0.05) is 26.2 Å². The highest BCUT2D eigenvalue weighted by atomic mass is 16.3. The Bertz CT molecular complexity index is 106. The van der Waals surface area contributed by atoms with E-state index in [1.165, 1.54) is 6.42 Å². The van der Waals surface area contributed by atoms with Crippen molar-refractivity contribution in [3.05, 3.63) is 0 Å². The molecule has 0 bridgehead atoms. The Morgan fingerprint density at radius 3 is 2.60 bits per heavy atom. The minimum Gasteiger partial charge on any atom is -0.395 e. The van der Waals surface area contributed by atoms with Crippen molar-refractivity contribution in [2.45, 2.75) is 32.6 Å². The van der Waals surface area contributed by atoms with E-state index in [-0.39, 0.29) is 12.5 Å². The molecule has 0 aromatic carbocycles. The zero-order valence-corrected chi connectivity index (χ0v) is 6.51. The van der Waals surface area contributed by atoms with Crippen molar-refractivity contribution in [2.75, 3.05) is 6.61 Å². The lowest BCUT2D eigenvalue weighted by Gasteiger charge is -2.02. The fraction of sp³-hybridized carbons (Fsp3) is 0.875. The second-order valence-electron chi connectivity index (χ2n) is 2.50. The Morgan fingerprint density at radius 1 is 1.50 bits per heavy atom. The Labute approximate surface area is 62.5 Å². The minimum absolute atomic E-state index is 0.0141. The molecule has 0 radical (unpaired) electrons. The number of hydrogen-bond donors (Lipinski definition) is 1. The van der Waals surface area contributed by atoms with Crippen LogP contribution >= 0.6 is 0 Å². The van der Waals surface area contributed by atoms with E-state index in [2.05, 4.69) is 13.0 Å². The van der Waals surface area contributed by atoms with Crippen LogP contribution in [0.2, 0.25) is 0 Å². The summed E-state index contributed by atoms with van der Waals surface area (Å²) in [5.41, 5.74) is 0. The summed E-state index contributed by atoms with van der Waals surface area (Å²) in [6.07, 6.45) is 4.25. The molecule has 2 nitrogen and oxygen atoms in total. The van der Waals surface area contributed by atoms with Gasteiger partial charge in [-0.05, 0) is 6.42 Å². The monoisotopic (exact) mass is 141 g/mol. The summed E-state index contributed by atoms with van der Waals surface area (Å²) in [6, 6.07) is 2.06. The molecule has 2 heteroatoms. The predicted molar refractivity (Wildman–Crippen MR) is 40.3 cm³/mol. The van der Waals surface area contributed by atoms with E-state index in [1.807, 2.05) is 0 Å². The van der Waals surface area contributed by atoms with Gasteiger partial charge in [-0.2, -0.15) is 5.26 Å². The third-order valence-electron chi connectivity index (χ3n) is 1.56. The van der Waals surface area contributed by atoms with E-state index in [0.717, 1.165) is 19.3 Å². The highest BCUT2D eigenvalue weighted by Crippen LogP contribution is 2.07. The highest BCUT2D eigenvalue weighted by Gasteiger charge is 2.03. The van der Waals surface area contributed by atoms with E-state index in [1.54, 1.807) is 0 Å². The van der Waals surface area contributed by atoms with Crippen LogP contribution in [0, 0.1) is 17.2 Å². The van der Waals surface area contributed by atoms with Gasteiger partial charge in [-0.25, -0.2) is 0 Å². The maximum Gasteiger partial charge on any atom is 0.0694 e. The van der Waals surface area contributed by atoms with Crippen LogP contribution in [0.15, 0.2) is 0 Å². The average molecular weight is 141 g/mol. The molecule has 0 rings (SSSR count). The van der Waals surface area contributed by atoms with E-state index in [4.69, 9.17) is 10.4 Å².